The Hall–Kier alpha value is -0.157. The predicted octanol–water partition coefficient (Wildman–Crippen LogP) is 5.04. The van der Waals surface area contributed by atoms with Gasteiger partial charge in [0.1, 0.15) is 0 Å². The zero-order chi connectivity index (χ0) is 12.0. The fourth-order valence-corrected chi connectivity index (χ4v) is 10.4. The van der Waals surface area contributed by atoms with Crippen molar-refractivity contribution >= 4 is 0 Å². The van der Waals surface area contributed by atoms with E-state index in [1.807, 2.05) is 0 Å². The SMILES string of the molecule is CC1=CC=C[C]1(C)[Zr]([CH3])[C]1(C)C=CC=C1C. The zero-order valence-corrected chi connectivity index (χ0v) is 13.4. The molecule has 0 aliphatic heterocycles. The number of allylic oxidation sites excluding steroid dienone is 8. The Labute approximate surface area is 108 Å². The van der Waals surface area contributed by atoms with Crippen LogP contribution in [0.1, 0.15) is 27.7 Å². The van der Waals surface area contributed by atoms with Crippen LogP contribution in [0.4, 0.5) is 0 Å². The second-order valence-corrected chi connectivity index (χ2v) is 13.6. The summed E-state index contributed by atoms with van der Waals surface area (Å²) in [4.78, 5) is 0. The topological polar surface area (TPSA) is 0 Å². The van der Waals surface area contributed by atoms with Crippen molar-refractivity contribution in [2.24, 2.45) is 0 Å². The quantitative estimate of drug-likeness (QED) is 0.668. The summed E-state index contributed by atoms with van der Waals surface area (Å²) in [5, 5.41) is 0. The Balaban J connectivity index is 2.37. The maximum absolute atomic E-state index is 2.57. The molecule has 0 spiro atoms. The fraction of sp³-hybridized carbons (Fsp3) is 0.467. The molecule has 0 heterocycles. The number of hydrogen-bond donors (Lipinski definition) is 0. The molecule has 85 valence electrons. The van der Waals surface area contributed by atoms with Crippen LogP contribution in [0.5, 0.6) is 0 Å². The van der Waals surface area contributed by atoms with Crippen LogP contribution in [0.2, 0.25) is 10.9 Å². The summed E-state index contributed by atoms with van der Waals surface area (Å²) >= 11 is -1.61. The van der Waals surface area contributed by atoms with Gasteiger partial charge in [-0.3, -0.25) is 0 Å². The molecule has 2 rings (SSSR count). The summed E-state index contributed by atoms with van der Waals surface area (Å²) in [5.41, 5.74) is 3.14. The van der Waals surface area contributed by atoms with Crippen molar-refractivity contribution in [3.05, 3.63) is 47.6 Å². The Morgan fingerprint density at radius 1 is 0.875 bits per heavy atom. The van der Waals surface area contributed by atoms with E-state index in [0.717, 1.165) is 0 Å². The standard InChI is InChI=1S/2C7H9.CH3.Zr/c2*1-6-4-3-5-7(6)2;;/h2*3-5H,1-2H3;1H3;. The fourth-order valence-electron chi connectivity index (χ4n) is 2.76. The van der Waals surface area contributed by atoms with Crippen LogP contribution in [-0.2, 0) is 21.8 Å². The van der Waals surface area contributed by atoms with E-state index in [1.165, 1.54) is 0 Å². The predicted molar refractivity (Wildman–Crippen MR) is 68.4 cm³/mol. The van der Waals surface area contributed by atoms with Gasteiger partial charge in [0, 0.05) is 0 Å². The van der Waals surface area contributed by atoms with E-state index < -0.39 is 21.8 Å². The minimum atomic E-state index is -1.61. The molecule has 2 atom stereocenters. The molecule has 0 N–H and O–H groups in total. The van der Waals surface area contributed by atoms with Crippen LogP contribution >= 0.6 is 0 Å². The van der Waals surface area contributed by atoms with Crippen LogP contribution in [-0.4, -0.2) is 0 Å². The third kappa shape index (κ3) is 1.59. The molecule has 0 radical (unpaired) electrons. The van der Waals surface area contributed by atoms with Crippen molar-refractivity contribution in [1.82, 2.24) is 0 Å². The summed E-state index contributed by atoms with van der Waals surface area (Å²) in [6.45, 7) is 9.49. The first-order chi connectivity index (χ1) is 7.41. The van der Waals surface area contributed by atoms with E-state index in [9.17, 15) is 0 Å². The van der Waals surface area contributed by atoms with Crippen molar-refractivity contribution in [2.45, 2.75) is 38.6 Å². The first kappa shape index (κ1) is 12.3. The molecule has 0 amide bonds. The molecular formula is C15H21Zr. The van der Waals surface area contributed by atoms with Gasteiger partial charge in [0.05, 0.1) is 0 Å². The number of hydrogen-bond acceptors (Lipinski definition) is 0. The summed E-state index contributed by atoms with van der Waals surface area (Å²) in [7, 11) is 0. The molecule has 2 aliphatic carbocycles. The molecule has 0 fully saturated rings. The van der Waals surface area contributed by atoms with E-state index in [-0.39, 0.29) is 0 Å². The van der Waals surface area contributed by atoms with Gasteiger partial charge in [0.25, 0.3) is 0 Å². The molecule has 2 unspecified atom stereocenters. The monoisotopic (exact) mass is 291 g/mol. The Morgan fingerprint density at radius 2 is 1.25 bits per heavy atom. The molecule has 0 aromatic heterocycles. The molecule has 0 aromatic rings. The van der Waals surface area contributed by atoms with Crippen LogP contribution in [0.15, 0.2) is 47.6 Å². The molecular weight excluding hydrogens is 271 g/mol. The van der Waals surface area contributed by atoms with Gasteiger partial charge < -0.3 is 0 Å². The van der Waals surface area contributed by atoms with Crippen LogP contribution < -0.4 is 0 Å². The molecule has 0 saturated carbocycles. The van der Waals surface area contributed by atoms with E-state index in [0.29, 0.717) is 6.25 Å². The van der Waals surface area contributed by atoms with E-state index in [2.05, 4.69) is 68.8 Å². The summed E-state index contributed by atoms with van der Waals surface area (Å²) in [6.07, 6.45) is 14.0. The second kappa shape index (κ2) is 3.95. The average Bonchev–Trinajstić information content (AvgIpc) is 2.74. The van der Waals surface area contributed by atoms with Gasteiger partial charge in [-0.25, -0.2) is 0 Å². The van der Waals surface area contributed by atoms with Gasteiger partial charge in [0.15, 0.2) is 0 Å². The van der Waals surface area contributed by atoms with Gasteiger partial charge in [-0.15, -0.1) is 0 Å². The van der Waals surface area contributed by atoms with Gasteiger partial charge in [-0.2, -0.15) is 0 Å². The van der Waals surface area contributed by atoms with Crippen LogP contribution in [0.25, 0.3) is 0 Å². The third-order valence-corrected chi connectivity index (χ3v) is 15.2. The van der Waals surface area contributed by atoms with Gasteiger partial charge in [-0.05, 0) is 0 Å². The first-order valence-electron chi connectivity index (χ1n) is 5.99. The van der Waals surface area contributed by atoms with E-state index in [1.54, 1.807) is 11.1 Å². The van der Waals surface area contributed by atoms with Gasteiger partial charge in [-0.1, -0.05) is 0 Å². The molecule has 16 heavy (non-hydrogen) atoms. The molecule has 0 aromatic carbocycles. The zero-order valence-electron chi connectivity index (χ0n) is 11.0. The van der Waals surface area contributed by atoms with Crippen molar-refractivity contribution in [2.75, 3.05) is 0 Å². The molecule has 0 saturated heterocycles. The van der Waals surface area contributed by atoms with Crippen molar-refractivity contribution < 1.29 is 21.8 Å². The molecule has 0 nitrogen and oxygen atoms in total. The Kier molecular flexibility index (Phi) is 3.04. The summed E-state index contributed by atoms with van der Waals surface area (Å²) < 4.78 is 3.38. The Morgan fingerprint density at radius 3 is 1.50 bits per heavy atom. The third-order valence-electron chi connectivity index (χ3n) is 4.75. The van der Waals surface area contributed by atoms with Crippen LogP contribution in [0, 0.1) is 0 Å². The average molecular weight is 293 g/mol. The normalized spacial score (nSPS) is 36.6. The van der Waals surface area contributed by atoms with Gasteiger partial charge >= 0.3 is 108 Å². The van der Waals surface area contributed by atoms with Gasteiger partial charge in [0.2, 0.25) is 0 Å². The first-order valence-corrected chi connectivity index (χ1v) is 10.9. The van der Waals surface area contributed by atoms with Crippen molar-refractivity contribution in [3.8, 4) is 0 Å². The molecule has 0 bridgehead atoms. The van der Waals surface area contributed by atoms with Crippen molar-refractivity contribution in [3.63, 3.8) is 0 Å². The summed E-state index contributed by atoms with van der Waals surface area (Å²) in [5.74, 6) is 0. The van der Waals surface area contributed by atoms with Crippen LogP contribution in [0.3, 0.4) is 0 Å². The van der Waals surface area contributed by atoms with E-state index >= 15 is 0 Å². The van der Waals surface area contributed by atoms with E-state index in [4.69, 9.17) is 0 Å². The Bertz CT molecular complexity index is 385. The maximum atomic E-state index is 2.57. The van der Waals surface area contributed by atoms with Crippen molar-refractivity contribution in [1.29, 1.82) is 0 Å². The summed E-state index contributed by atoms with van der Waals surface area (Å²) in [6, 6.07) is 0. The number of rotatable bonds is 2. The molecule has 1 heteroatoms. The minimum absolute atomic E-state index is 0.404. The second-order valence-electron chi connectivity index (χ2n) is 5.45. The molecule has 2 aliphatic rings.